The normalized spacial score (nSPS) is 28.9. The Labute approximate surface area is 66.7 Å². The first kappa shape index (κ1) is 7.63. The van der Waals surface area contributed by atoms with Gasteiger partial charge in [-0.15, -0.1) is 12.6 Å². The largest absolute Gasteiger partial charge is 0.321 e. The molecule has 1 aliphatic carbocycles. The fourth-order valence-electron chi connectivity index (χ4n) is 0.920. The summed E-state index contributed by atoms with van der Waals surface area (Å²) in [6.07, 6.45) is 7.87. The van der Waals surface area contributed by atoms with Crippen molar-refractivity contribution < 1.29 is 0 Å². The van der Waals surface area contributed by atoms with Gasteiger partial charge in [0.15, 0.2) is 0 Å². The molecular formula is C8H11NS. The maximum Gasteiger partial charge on any atom is 0.0491 e. The van der Waals surface area contributed by atoms with Crippen LogP contribution < -0.4 is 5.73 Å². The Balaban J connectivity index is 2.91. The summed E-state index contributed by atoms with van der Waals surface area (Å²) in [5.41, 5.74) is 6.84. The molecule has 2 N–H and O–H groups in total. The minimum Gasteiger partial charge on any atom is -0.321 e. The highest BCUT2D eigenvalue weighted by Crippen LogP contribution is 2.16. The van der Waals surface area contributed by atoms with Crippen LogP contribution in [0.5, 0.6) is 0 Å². The molecule has 54 valence electrons. The lowest BCUT2D eigenvalue weighted by atomic mass is 10.0. The van der Waals surface area contributed by atoms with Crippen molar-refractivity contribution in [3.05, 3.63) is 34.8 Å². The molecule has 0 aromatic carbocycles. The van der Waals surface area contributed by atoms with E-state index in [1.54, 1.807) is 0 Å². The second kappa shape index (κ2) is 3.08. The van der Waals surface area contributed by atoms with Gasteiger partial charge in [0.05, 0.1) is 0 Å². The molecule has 1 aliphatic rings. The fourth-order valence-corrected chi connectivity index (χ4v) is 1.14. The van der Waals surface area contributed by atoms with E-state index in [1.165, 1.54) is 0 Å². The quantitative estimate of drug-likeness (QED) is 0.508. The first-order valence-corrected chi connectivity index (χ1v) is 3.66. The molecule has 1 atom stereocenters. The van der Waals surface area contributed by atoms with Crippen LogP contribution >= 0.6 is 12.6 Å². The fraction of sp³-hybridized carbons (Fsp3) is 0.250. The van der Waals surface area contributed by atoms with Crippen LogP contribution in [0.3, 0.4) is 0 Å². The van der Waals surface area contributed by atoms with Gasteiger partial charge < -0.3 is 5.73 Å². The van der Waals surface area contributed by atoms with Gasteiger partial charge in [-0.1, -0.05) is 24.3 Å². The molecule has 1 unspecified atom stereocenters. The van der Waals surface area contributed by atoms with E-state index in [2.05, 4.69) is 12.6 Å². The van der Waals surface area contributed by atoms with Crippen molar-refractivity contribution in [1.29, 1.82) is 0 Å². The highest BCUT2D eigenvalue weighted by atomic mass is 32.1. The van der Waals surface area contributed by atoms with Gasteiger partial charge in [0.2, 0.25) is 0 Å². The summed E-state index contributed by atoms with van der Waals surface area (Å²) < 4.78 is 0. The minimum atomic E-state index is 0.0301. The van der Waals surface area contributed by atoms with Gasteiger partial charge in [-0.3, -0.25) is 0 Å². The van der Waals surface area contributed by atoms with Crippen LogP contribution in [0.2, 0.25) is 0 Å². The molecule has 0 saturated heterocycles. The second-order valence-corrected chi connectivity index (χ2v) is 2.98. The number of thiol groups is 1. The van der Waals surface area contributed by atoms with Crippen molar-refractivity contribution in [2.75, 3.05) is 0 Å². The van der Waals surface area contributed by atoms with E-state index in [4.69, 9.17) is 5.73 Å². The first-order chi connectivity index (χ1) is 4.72. The average Bonchev–Trinajstić information content (AvgIpc) is 1.88. The third-order valence-electron chi connectivity index (χ3n) is 1.48. The second-order valence-electron chi connectivity index (χ2n) is 2.31. The maximum atomic E-state index is 5.74. The zero-order valence-corrected chi connectivity index (χ0v) is 6.81. The number of hydrogen-bond acceptors (Lipinski definition) is 2. The number of allylic oxidation sites excluding steroid dienone is 3. The van der Waals surface area contributed by atoms with Crippen molar-refractivity contribution in [3.63, 3.8) is 0 Å². The van der Waals surface area contributed by atoms with E-state index < -0.39 is 0 Å². The van der Waals surface area contributed by atoms with Crippen LogP contribution in [-0.2, 0) is 0 Å². The van der Waals surface area contributed by atoms with Gasteiger partial charge >= 0.3 is 0 Å². The Bertz CT molecular complexity index is 209. The van der Waals surface area contributed by atoms with Crippen LogP contribution in [0.25, 0.3) is 0 Å². The number of nitrogens with two attached hydrogens (primary N) is 1. The Kier molecular flexibility index (Phi) is 2.35. The molecule has 0 amide bonds. The van der Waals surface area contributed by atoms with E-state index in [9.17, 15) is 0 Å². The zero-order chi connectivity index (χ0) is 7.56. The summed E-state index contributed by atoms with van der Waals surface area (Å²) in [4.78, 5) is 0.994. The molecular weight excluding hydrogens is 142 g/mol. The average molecular weight is 153 g/mol. The topological polar surface area (TPSA) is 26.0 Å². The highest BCUT2D eigenvalue weighted by molar-refractivity contribution is 7.84. The summed E-state index contributed by atoms with van der Waals surface area (Å²) in [5.74, 6) is 0. The summed E-state index contributed by atoms with van der Waals surface area (Å²) in [6.45, 7) is 1.95. The summed E-state index contributed by atoms with van der Waals surface area (Å²) >= 11 is 4.21. The van der Waals surface area contributed by atoms with Gasteiger partial charge in [-0.25, -0.2) is 0 Å². The maximum absolute atomic E-state index is 5.74. The van der Waals surface area contributed by atoms with Gasteiger partial charge in [-0.05, 0) is 17.4 Å². The summed E-state index contributed by atoms with van der Waals surface area (Å²) in [5, 5.41) is 0. The van der Waals surface area contributed by atoms with Crippen LogP contribution in [0, 0.1) is 0 Å². The lowest BCUT2D eigenvalue weighted by molar-refractivity contribution is 0.965. The van der Waals surface area contributed by atoms with Crippen molar-refractivity contribution >= 4 is 12.6 Å². The minimum absolute atomic E-state index is 0.0301. The van der Waals surface area contributed by atoms with E-state index in [0.29, 0.717) is 0 Å². The van der Waals surface area contributed by atoms with Crippen LogP contribution in [0.15, 0.2) is 34.8 Å². The molecule has 0 bridgehead atoms. The lowest BCUT2D eigenvalue weighted by Crippen LogP contribution is -2.20. The standard InChI is InChI=1S/C8H11NS/c1-6(10)7-4-2-3-5-8(7)9/h2-5,8,10H,9H2,1H3/b7-6-. The number of hydrogen-bond donors (Lipinski definition) is 2. The van der Waals surface area contributed by atoms with Gasteiger partial charge in [0.1, 0.15) is 0 Å². The van der Waals surface area contributed by atoms with Crippen molar-refractivity contribution in [3.8, 4) is 0 Å². The highest BCUT2D eigenvalue weighted by Gasteiger charge is 2.05. The van der Waals surface area contributed by atoms with Gasteiger partial charge in [0.25, 0.3) is 0 Å². The van der Waals surface area contributed by atoms with E-state index >= 15 is 0 Å². The Hall–Kier alpha value is -0.470. The molecule has 1 rings (SSSR count). The van der Waals surface area contributed by atoms with E-state index in [0.717, 1.165) is 10.5 Å². The first-order valence-electron chi connectivity index (χ1n) is 3.22. The van der Waals surface area contributed by atoms with E-state index in [-0.39, 0.29) is 6.04 Å². The van der Waals surface area contributed by atoms with E-state index in [1.807, 2.05) is 31.2 Å². The molecule has 0 aromatic heterocycles. The molecule has 0 radical (unpaired) electrons. The molecule has 1 nitrogen and oxygen atoms in total. The Morgan fingerprint density at radius 2 is 2.30 bits per heavy atom. The number of rotatable bonds is 0. The van der Waals surface area contributed by atoms with Crippen LogP contribution in [0.4, 0.5) is 0 Å². The molecule has 2 heteroatoms. The summed E-state index contributed by atoms with van der Waals surface area (Å²) in [6, 6.07) is 0.0301. The molecule has 0 aromatic rings. The predicted molar refractivity (Wildman–Crippen MR) is 47.9 cm³/mol. The SMILES string of the molecule is C/C(S)=C1\C=CC=CC1N. The smallest absolute Gasteiger partial charge is 0.0491 e. The van der Waals surface area contributed by atoms with Crippen molar-refractivity contribution in [2.24, 2.45) is 5.73 Å². The zero-order valence-electron chi connectivity index (χ0n) is 5.91. The van der Waals surface area contributed by atoms with Crippen molar-refractivity contribution in [1.82, 2.24) is 0 Å². The predicted octanol–water partition coefficient (Wildman–Crippen LogP) is 1.64. The van der Waals surface area contributed by atoms with Crippen LogP contribution in [0.1, 0.15) is 6.92 Å². The third kappa shape index (κ3) is 1.52. The molecule has 0 fully saturated rings. The molecule has 0 heterocycles. The Morgan fingerprint density at radius 3 is 2.70 bits per heavy atom. The molecule has 0 saturated carbocycles. The molecule has 0 aliphatic heterocycles. The van der Waals surface area contributed by atoms with Crippen molar-refractivity contribution in [2.45, 2.75) is 13.0 Å². The van der Waals surface area contributed by atoms with Gasteiger partial charge in [0, 0.05) is 6.04 Å². The monoisotopic (exact) mass is 153 g/mol. The summed E-state index contributed by atoms with van der Waals surface area (Å²) in [7, 11) is 0. The third-order valence-corrected chi connectivity index (χ3v) is 1.74. The van der Waals surface area contributed by atoms with Crippen LogP contribution in [-0.4, -0.2) is 6.04 Å². The molecule has 10 heavy (non-hydrogen) atoms. The molecule has 0 spiro atoms. The van der Waals surface area contributed by atoms with Gasteiger partial charge in [-0.2, -0.15) is 0 Å². The Morgan fingerprint density at radius 1 is 1.60 bits per heavy atom. The lowest BCUT2D eigenvalue weighted by Gasteiger charge is -2.12.